The fraction of sp³-hybridized carbons (Fsp3) is 0.355. The lowest BCUT2D eigenvalue weighted by Gasteiger charge is -2.37. The van der Waals surface area contributed by atoms with Crippen LogP contribution in [-0.2, 0) is 16.6 Å². The van der Waals surface area contributed by atoms with E-state index in [2.05, 4.69) is 63.1 Å². The number of rotatable bonds is 8. The summed E-state index contributed by atoms with van der Waals surface area (Å²) in [6.07, 6.45) is 2.44. The molecule has 1 atom stereocenters. The van der Waals surface area contributed by atoms with Gasteiger partial charge in [0.25, 0.3) is 5.91 Å². The zero-order valence-corrected chi connectivity index (χ0v) is 23.6. The van der Waals surface area contributed by atoms with Gasteiger partial charge in [-0.05, 0) is 52.1 Å². The Balaban J connectivity index is 1.63. The van der Waals surface area contributed by atoms with E-state index in [-0.39, 0.29) is 36.4 Å². The van der Waals surface area contributed by atoms with E-state index in [0.717, 1.165) is 17.5 Å². The Bertz CT molecular complexity index is 1280. The highest BCUT2D eigenvalue weighted by Crippen LogP contribution is 2.38. The Morgan fingerprint density at radius 2 is 1.74 bits per heavy atom. The topological polar surface area (TPSA) is 59.1 Å². The number of amides is 2. The maximum atomic E-state index is 13.9. The van der Waals surface area contributed by atoms with Crippen LogP contribution in [0.4, 0.5) is 0 Å². The van der Waals surface area contributed by atoms with Crippen molar-refractivity contribution in [1.82, 2.24) is 9.80 Å². The fourth-order valence-corrected chi connectivity index (χ4v) is 5.76. The van der Waals surface area contributed by atoms with Gasteiger partial charge in [-0.2, -0.15) is 0 Å². The summed E-state index contributed by atoms with van der Waals surface area (Å²) in [4.78, 5) is 32.1. The van der Waals surface area contributed by atoms with Gasteiger partial charge >= 0.3 is 0 Å². The first-order valence-electron chi connectivity index (χ1n) is 12.8. The second-order valence-corrected chi connectivity index (χ2v) is 11.5. The van der Waals surface area contributed by atoms with E-state index >= 15 is 0 Å². The zero-order valence-electron chi connectivity index (χ0n) is 22.8. The van der Waals surface area contributed by atoms with Gasteiger partial charge in [0, 0.05) is 29.6 Å². The van der Waals surface area contributed by atoms with Gasteiger partial charge in [-0.1, -0.05) is 51.1 Å². The molecule has 0 spiro atoms. The van der Waals surface area contributed by atoms with Crippen molar-refractivity contribution in [2.24, 2.45) is 0 Å². The van der Waals surface area contributed by atoms with Crippen molar-refractivity contribution < 1.29 is 19.1 Å². The molecule has 4 rings (SSSR count). The molecule has 200 valence electrons. The van der Waals surface area contributed by atoms with Crippen LogP contribution < -0.4 is 9.47 Å². The minimum absolute atomic E-state index is 0.0441. The predicted molar refractivity (Wildman–Crippen MR) is 152 cm³/mol. The standard InChI is InChI=1S/C31H36N2O4S/c1-7-14-32(30(35)22-17-24(36-5)19-25(18-22)37-6)20-28(34)33-15-12-27-26(13-16-38-27)29(33)21-8-10-23(11-9-21)31(2,3)4/h7-11,13,16-19,29H,1,12,14-15,20H2,2-6H3. The fourth-order valence-electron chi connectivity index (χ4n) is 4.85. The average Bonchev–Trinajstić information content (AvgIpc) is 3.40. The average molecular weight is 533 g/mol. The van der Waals surface area contributed by atoms with Crippen molar-refractivity contribution in [3.63, 3.8) is 0 Å². The maximum absolute atomic E-state index is 13.9. The van der Waals surface area contributed by atoms with E-state index in [9.17, 15) is 9.59 Å². The number of benzene rings is 2. The van der Waals surface area contributed by atoms with Crippen LogP contribution in [0.25, 0.3) is 0 Å². The molecule has 2 heterocycles. The number of hydrogen-bond donors (Lipinski definition) is 0. The largest absolute Gasteiger partial charge is 0.497 e. The van der Waals surface area contributed by atoms with Crippen molar-refractivity contribution >= 4 is 23.2 Å². The van der Waals surface area contributed by atoms with Crippen molar-refractivity contribution in [1.29, 1.82) is 0 Å². The third-order valence-corrected chi connectivity index (χ3v) is 7.94. The Morgan fingerprint density at radius 3 is 2.32 bits per heavy atom. The molecule has 1 aromatic heterocycles. The molecule has 0 fully saturated rings. The number of fused-ring (bicyclic) bond motifs is 1. The lowest BCUT2D eigenvalue weighted by molar-refractivity contribution is -0.133. The lowest BCUT2D eigenvalue weighted by atomic mass is 9.85. The van der Waals surface area contributed by atoms with E-state index < -0.39 is 0 Å². The van der Waals surface area contributed by atoms with Gasteiger partial charge in [0.15, 0.2) is 0 Å². The summed E-state index contributed by atoms with van der Waals surface area (Å²) >= 11 is 1.74. The first-order chi connectivity index (χ1) is 18.2. The Hall–Kier alpha value is -3.58. The van der Waals surface area contributed by atoms with Crippen LogP contribution in [0.3, 0.4) is 0 Å². The SMILES string of the molecule is C=CCN(CC(=O)N1CCc2sccc2C1c1ccc(C(C)(C)C)cc1)C(=O)c1cc(OC)cc(OC)c1. The number of carbonyl (C=O) groups excluding carboxylic acids is 2. The second kappa shape index (κ2) is 11.4. The predicted octanol–water partition coefficient (Wildman–Crippen LogP) is 5.87. The summed E-state index contributed by atoms with van der Waals surface area (Å²) < 4.78 is 10.7. The van der Waals surface area contributed by atoms with Gasteiger partial charge in [0.05, 0.1) is 20.3 Å². The molecule has 0 N–H and O–H groups in total. The minimum atomic E-state index is -0.283. The van der Waals surface area contributed by atoms with Crippen molar-refractivity contribution in [2.45, 2.75) is 38.6 Å². The molecule has 2 aromatic carbocycles. The monoisotopic (exact) mass is 532 g/mol. The minimum Gasteiger partial charge on any atom is -0.497 e. The third-order valence-electron chi connectivity index (χ3n) is 6.94. The highest BCUT2D eigenvalue weighted by atomic mass is 32.1. The molecule has 38 heavy (non-hydrogen) atoms. The molecule has 1 unspecified atom stereocenters. The first-order valence-corrected chi connectivity index (χ1v) is 13.6. The van der Waals surface area contributed by atoms with Gasteiger partial charge in [-0.25, -0.2) is 0 Å². The zero-order chi connectivity index (χ0) is 27.4. The summed E-state index contributed by atoms with van der Waals surface area (Å²) in [5.41, 5.74) is 3.92. The molecule has 1 aliphatic heterocycles. The van der Waals surface area contributed by atoms with Gasteiger partial charge in [0.2, 0.25) is 5.91 Å². The van der Waals surface area contributed by atoms with E-state index in [0.29, 0.717) is 23.6 Å². The number of nitrogens with zero attached hydrogens (tertiary/aromatic N) is 2. The van der Waals surface area contributed by atoms with Crippen LogP contribution in [0.1, 0.15) is 58.7 Å². The molecule has 3 aromatic rings. The summed E-state index contributed by atoms with van der Waals surface area (Å²) in [7, 11) is 3.08. The summed E-state index contributed by atoms with van der Waals surface area (Å²) in [5, 5.41) is 2.10. The van der Waals surface area contributed by atoms with Crippen LogP contribution >= 0.6 is 11.3 Å². The van der Waals surface area contributed by atoms with Crippen molar-refractivity contribution in [3.8, 4) is 11.5 Å². The Labute approximate surface area is 229 Å². The maximum Gasteiger partial charge on any atom is 0.254 e. The number of carbonyl (C=O) groups is 2. The van der Waals surface area contributed by atoms with E-state index in [1.54, 1.807) is 35.6 Å². The number of methoxy groups -OCH3 is 2. The molecular formula is C31H36N2O4S. The molecule has 0 bridgehead atoms. The summed E-state index contributed by atoms with van der Waals surface area (Å²) in [6.45, 7) is 11.2. The van der Waals surface area contributed by atoms with E-state index in [1.165, 1.54) is 29.6 Å². The Morgan fingerprint density at radius 1 is 1.08 bits per heavy atom. The molecular weight excluding hydrogens is 496 g/mol. The summed E-state index contributed by atoms with van der Waals surface area (Å²) in [5.74, 6) is 0.640. The van der Waals surface area contributed by atoms with Crippen LogP contribution in [0.2, 0.25) is 0 Å². The van der Waals surface area contributed by atoms with E-state index in [1.807, 2.05) is 4.90 Å². The lowest BCUT2D eigenvalue weighted by Crippen LogP contribution is -2.46. The molecule has 0 aliphatic carbocycles. The number of ether oxygens (including phenoxy) is 2. The quantitative estimate of drug-likeness (QED) is 0.341. The molecule has 2 amide bonds. The van der Waals surface area contributed by atoms with Crippen molar-refractivity contribution in [2.75, 3.05) is 33.9 Å². The van der Waals surface area contributed by atoms with Crippen LogP contribution in [0, 0.1) is 0 Å². The highest BCUT2D eigenvalue weighted by Gasteiger charge is 2.34. The Kier molecular flexibility index (Phi) is 8.26. The van der Waals surface area contributed by atoms with Gasteiger partial charge in [-0.15, -0.1) is 17.9 Å². The van der Waals surface area contributed by atoms with Gasteiger partial charge < -0.3 is 19.3 Å². The van der Waals surface area contributed by atoms with Gasteiger partial charge in [-0.3, -0.25) is 9.59 Å². The number of thiophene rings is 1. The highest BCUT2D eigenvalue weighted by molar-refractivity contribution is 7.10. The molecule has 0 saturated carbocycles. The first kappa shape index (κ1) is 27.5. The smallest absolute Gasteiger partial charge is 0.254 e. The molecule has 0 saturated heterocycles. The summed E-state index contributed by atoms with van der Waals surface area (Å²) in [6, 6.07) is 15.5. The molecule has 7 heteroatoms. The van der Waals surface area contributed by atoms with Crippen molar-refractivity contribution in [3.05, 3.63) is 93.7 Å². The van der Waals surface area contributed by atoms with E-state index in [4.69, 9.17) is 9.47 Å². The van der Waals surface area contributed by atoms with Gasteiger partial charge in [0.1, 0.15) is 18.0 Å². The van der Waals surface area contributed by atoms with Crippen LogP contribution in [0.15, 0.2) is 66.6 Å². The van der Waals surface area contributed by atoms with Crippen LogP contribution in [0.5, 0.6) is 11.5 Å². The molecule has 6 nitrogen and oxygen atoms in total. The molecule has 1 aliphatic rings. The molecule has 0 radical (unpaired) electrons. The second-order valence-electron chi connectivity index (χ2n) is 10.5. The number of hydrogen-bond acceptors (Lipinski definition) is 5. The third kappa shape index (κ3) is 5.78. The van der Waals surface area contributed by atoms with Crippen LogP contribution in [-0.4, -0.2) is 55.5 Å². The normalized spacial score (nSPS) is 15.0.